The molecule has 2 aromatic heterocycles. The molecule has 1 fully saturated rings. The van der Waals surface area contributed by atoms with Crippen molar-refractivity contribution in [1.29, 1.82) is 0 Å². The van der Waals surface area contributed by atoms with Crippen LogP contribution in [0, 0.1) is 13.8 Å². The van der Waals surface area contributed by atoms with Crippen molar-refractivity contribution in [1.82, 2.24) is 14.8 Å². The molecule has 0 unspecified atom stereocenters. The van der Waals surface area contributed by atoms with E-state index in [-0.39, 0.29) is 5.63 Å². The van der Waals surface area contributed by atoms with Crippen LogP contribution in [0.25, 0.3) is 22.4 Å². The minimum atomic E-state index is -0.281. The first-order valence-corrected chi connectivity index (χ1v) is 12.0. The molecular weight excluding hydrogens is 426 g/mol. The van der Waals surface area contributed by atoms with Crippen LogP contribution in [-0.2, 0) is 19.5 Å². The lowest BCUT2D eigenvalue weighted by atomic mass is 10.0. The van der Waals surface area contributed by atoms with Crippen molar-refractivity contribution >= 4 is 11.0 Å². The Morgan fingerprint density at radius 1 is 0.912 bits per heavy atom. The monoisotopic (exact) mass is 457 g/mol. The second-order valence-electron chi connectivity index (χ2n) is 9.16. The molecule has 5 rings (SSSR count). The molecule has 6 heteroatoms. The van der Waals surface area contributed by atoms with Crippen molar-refractivity contribution in [2.24, 2.45) is 0 Å². The summed E-state index contributed by atoms with van der Waals surface area (Å²) in [5.41, 5.74) is 5.90. The number of oxazole rings is 1. The van der Waals surface area contributed by atoms with Crippen LogP contribution in [0.1, 0.15) is 35.1 Å². The van der Waals surface area contributed by atoms with Gasteiger partial charge in [0.2, 0.25) is 5.89 Å². The fourth-order valence-corrected chi connectivity index (χ4v) is 4.69. The van der Waals surface area contributed by atoms with Crippen LogP contribution in [0.3, 0.4) is 0 Å². The highest BCUT2D eigenvalue weighted by Gasteiger charge is 2.21. The Balaban J connectivity index is 1.25. The van der Waals surface area contributed by atoms with E-state index in [1.165, 1.54) is 5.56 Å². The lowest BCUT2D eigenvalue weighted by Crippen LogP contribution is -2.45. The Hall–Kier alpha value is -3.22. The lowest BCUT2D eigenvalue weighted by Gasteiger charge is -2.34. The zero-order valence-corrected chi connectivity index (χ0v) is 20.1. The van der Waals surface area contributed by atoms with Gasteiger partial charge in [-0.15, -0.1) is 0 Å². The molecule has 1 saturated heterocycles. The molecule has 0 radical (unpaired) electrons. The first-order chi connectivity index (χ1) is 16.5. The van der Waals surface area contributed by atoms with Crippen LogP contribution in [0.4, 0.5) is 0 Å². The molecule has 6 nitrogen and oxygen atoms in total. The van der Waals surface area contributed by atoms with Crippen LogP contribution >= 0.6 is 0 Å². The van der Waals surface area contributed by atoms with Crippen LogP contribution in [-0.4, -0.2) is 41.0 Å². The van der Waals surface area contributed by atoms with Crippen molar-refractivity contribution in [2.45, 2.75) is 40.3 Å². The zero-order chi connectivity index (χ0) is 23.7. The first-order valence-electron chi connectivity index (χ1n) is 12.0. The molecular formula is C28H31N3O3. The topological polar surface area (TPSA) is 62.7 Å². The Morgan fingerprint density at radius 2 is 1.65 bits per heavy atom. The van der Waals surface area contributed by atoms with Crippen LogP contribution in [0.15, 0.2) is 62.2 Å². The van der Waals surface area contributed by atoms with Crippen molar-refractivity contribution < 1.29 is 8.83 Å². The number of piperazine rings is 1. The molecule has 3 heterocycles. The van der Waals surface area contributed by atoms with Crippen molar-refractivity contribution in [3.05, 3.63) is 87.1 Å². The summed E-state index contributed by atoms with van der Waals surface area (Å²) in [5, 5.41) is 1.04. The average Bonchev–Trinajstić information content (AvgIpc) is 3.20. The third-order valence-corrected chi connectivity index (χ3v) is 6.80. The Labute approximate surface area is 199 Å². The van der Waals surface area contributed by atoms with Gasteiger partial charge in [0.15, 0.2) is 0 Å². The van der Waals surface area contributed by atoms with Gasteiger partial charge in [0.05, 0.1) is 5.69 Å². The quantitative estimate of drug-likeness (QED) is 0.382. The summed E-state index contributed by atoms with van der Waals surface area (Å²) < 4.78 is 11.4. The molecule has 0 bridgehead atoms. The second-order valence-corrected chi connectivity index (χ2v) is 9.16. The van der Waals surface area contributed by atoms with E-state index in [9.17, 15) is 4.79 Å². The van der Waals surface area contributed by atoms with Crippen LogP contribution < -0.4 is 5.63 Å². The predicted octanol–water partition coefficient (Wildman–Crippen LogP) is 4.95. The zero-order valence-electron chi connectivity index (χ0n) is 20.1. The maximum Gasteiger partial charge on any atom is 0.336 e. The molecule has 2 aromatic carbocycles. The molecule has 0 N–H and O–H groups in total. The second kappa shape index (κ2) is 9.57. The molecule has 0 saturated carbocycles. The van der Waals surface area contributed by atoms with Gasteiger partial charge >= 0.3 is 5.63 Å². The number of nitrogens with zero attached hydrogens (tertiary/aromatic N) is 3. The van der Waals surface area contributed by atoms with Gasteiger partial charge in [0.1, 0.15) is 11.3 Å². The fraction of sp³-hybridized carbons (Fsp3) is 0.357. The van der Waals surface area contributed by atoms with E-state index < -0.39 is 0 Å². The number of rotatable bonds is 6. The summed E-state index contributed by atoms with van der Waals surface area (Å²) in [5.74, 6) is 1.58. The number of aryl methyl sites for hydroxylation is 3. The van der Waals surface area contributed by atoms with Gasteiger partial charge in [-0.3, -0.25) is 9.80 Å². The number of hydrogen-bond donors (Lipinski definition) is 0. The van der Waals surface area contributed by atoms with Gasteiger partial charge in [-0.2, -0.15) is 0 Å². The minimum absolute atomic E-state index is 0.281. The van der Waals surface area contributed by atoms with Crippen molar-refractivity contribution in [2.75, 3.05) is 26.2 Å². The summed E-state index contributed by atoms with van der Waals surface area (Å²) >= 11 is 0. The number of benzene rings is 2. The van der Waals surface area contributed by atoms with Gasteiger partial charge in [-0.05, 0) is 55.2 Å². The number of aromatic nitrogens is 1. The maximum absolute atomic E-state index is 12.1. The summed E-state index contributed by atoms with van der Waals surface area (Å²) in [6.45, 7) is 11.5. The molecule has 34 heavy (non-hydrogen) atoms. The molecule has 4 aromatic rings. The van der Waals surface area contributed by atoms with E-state index in [1.54, 1.807) is 6.07 Å². The largest absolute Gasteiger partial charge is 0.441 e. The molecule has 176 valence electrons. The molecule has 0 aliphatic carbocycles. The Morgan fingerprint density at radius 3 is 2.38 bits per heavy atom. The maximum atomic E-state index is 12.1. The molecule has 0 spiro atoms. The third kappa shape index (κ3) is 4.69. The smallest absolute Gasteiger partial charge is 0.336 e. The number of hydrogen-bond acceptors (Lipinski definition) is 6. The molecule has 1 aliphatic heterocycles. The molecule has 0 atom stereocenters. The molecule has 1 aliphatic rings. The fourth-order valence-electron chi connectivity index (χ4n) is 4.69. The van der Waals surface area contributed by atoms with Gasteiger partial charge in [-0.1, -0.05) is 31.2 Å². The summed E-state index contributed by atoms with van der Waals surface area (Å²) in [6, 6.07) is 15.9. The van der Waals surface area contributed by atoms with Crippen LogP contribution in [0.5, 0.6) is 0 Å². The summed E-state index contributed by atoms with van der Waals surface area (Å²) in [7, 11) is 0. The van der Waals surface area contributed by atoms with Crippen molar-refractivity contribution in [3.8, 4) is 11.5 Å². The predicted molar refractivity (Wildman–Crippen MR) is 134 cm³/mol. The van der Waals surface area contributed by atoms with Crippen molar-refractivity contribution in [3.63, 3.8) is 0 Å². The average molecular weight is 458 g/mol. The van der Waals surface area contributed by atoms with Gasteiger partial charge in [-0.25, -0.2) is 9.78 Å². The highest BCUT2D eigenvalue weighted by atomic mass is 16.4. The SMILES string of the molecule is CCc1ccc2oc(=O)cc(CN3CCN(Cc4nc(-c5ccccc5C)oc4C)CC3)c2c1. The summed E-state index contributed by atoms with van der Waals surface area (Å²) in [6.07, 6.45) is 0.959. The van der Waals surface area contributed by atoms with E-state index in [0.29, 0.717) is 11.5 Å². The Kier molecular flexibility index (Phi) is 6.35. The Bertz CT molecular complexity index is 1360. The minimum Gasteiger partial charge on any atom is -0.441 e. The standard InChI is InChI=1S/C28H31N3O3/c1-4-21-9-10-26-24(15-21)22(16-27(32)34-26)17-30-11-13-31(14-12-30)18-25-20(3)33-28(29-25)23-8-6-5-7-19(23)2/h5-10,15-16H,4,11-14,17-18H2,1-3H3. The highest BCUT2D eigenvalue weighted by molar-refractivity contribution is 5.81. The van der Waals surface area contributed by atoms with E-state index >= 15 is 0 Å². The van der Waals surface area contributed by atoms with Crippen LogP contribution in [0.2, 0.25) is 0 Å². The van der Waals surface area contributed by atoms with E-state index in [1.807, 2.05) is 31.2 Å². The van der Waals surface area contributed by atoms with Gasteiger partial charge < -0.3 is 8.83 Å². The van der Waals surface area contributed by atoms with E-state index in [2.05, 4.69) is 41.8 Å². The lowest BCUT2D eigenvalue weighted by molar-refractivity contribution is 0.121. The number of fused-ring (bicyclic) bond motifs is 1. The van der Waals surface area contributed by atoms with E-state index in [4.69, 9.17) is 13.8 Å². The first kappa shape index (κ1) is 22.6. The normalized spacial score (nSPS) is 15.3. The van der Waals surface area contributed by atoms with Gasteiger partial charge in [0.25, 0.3) is 0 Å². The molecule has 0 amide bonds. The highest BCUT2D eigenvalue weighted by Crippen LogP contribution is 2.26. The van der Waals surface area contributed by atoms with Gasteiger partial charge in [0, 0.05) is 56.3 Å². The third-order valence-electron chi connectivity index (χ3n) is 6.80. The summed E-state index contributed by atoms with van der Waals surface area (Å²) in [4.78, 5) is 21.8. The van der Waals surface area contributed by atoms with E-state index in [0.717, 1.165) is 79.2 Å².